The topological polar surface area (TPSA) is 75.1 Å². The van der Waals surface area contributed by atoms with Crippen LogP contribution in [0.4, 0.5) is 0 Å². The van der Waals surface area contributed by atoms with Gasteiger partial charge in [-0.1, -0.05) is 11.3 Å². The zero-order valence-electron chi connectivity index (χ0n) is 6.86. The largest absolute Gasteiger partial charge is 0.476 e. The lowest BCUT2D eigenvalue weighted by molar-refractivity contribution is 0.0695. The molecule has 1 aliphatic heterocycles. The van der Waals surface area contributed by atoms with E-state index in [2.05, 4.69) is 15.5 Å². The van der Waals surface area contributed by atoms with Gasteiger partial charge in [0.2, 0.25) is 5.01 Å². The molecule has 1 atom stereocenters. The van der Waals surface area contributed by atoms with Crippen molar-refractivity contribution in [3.8, 4) is 0 Å². The molecular formula is C7H9N3O2S. The van der Waals surface area contributed by atoms with E-state index >= 15 is 0 Å². The summed E-state index contributed by atoms with van der Waals surface area (Å²) in [7, 11) is 0. The average Bonchev–Trinajstić information content (AvgIpc) is 2.75. The summed E-state index contributed by atoms with van der Waals surface area (Å²) in [6, 6.07) is 0. The van der Waals surface area contributed by atoms with Crippen LogP contribution in [0.2, 0.25) is 0 Å². The number of carbonyl (C=O) groups is 1. The van der Waals surface area contributed by atoms with Crippen molar-refractivity contribution in [3.63, 3.8) is 0 Å². The monoisotopic (exact) mass is 199 g/mol. The second-order valence-corrected chi connectivity index (χ2v) is 3.95. The molecule has 1 aliphatic rings. The highest BCUT2D eigenvalue weighted by Gasteiger charge is 2.22. The van der Waals surface area contributed by atoms with Crippen LogP contribution in [0.3, 0.4) is 0 Å². The highest BCUT2D eigenvalue weighted by atomic mass is 32.1. The van der Waals surface area contributed by atoms with Crippen LogP contribution in [0.1, 0.15) is 27.1 Å². The van der Waals surface area contributed by atoms with Gasteiger partial charge in [0.15, 0.2) is 0 Å². The Hall–Kier alpha value is -1.01. The summed E-state index contributed by atoms with van der Waals surface area (Å²) in [6.07, 6.45) is 1.02. The van der Waals surface area contributed by atoms with Crippen molar-refractivity contribution in [1.82, 2.24) is 15.5 Å². The summed E-state index contributed by atoms with van der Waals surface area (Å²) in [5, 5.41) is 20.2. The van der Waals surface area contributed by atoms with E-state index in [-0.39, 0.29) is 5.01 Å². The van der Waals surface area contributed by atoms with Gasteiger partial charge >= 0.3 is 5.97 Å². The lowest BCUT2D eigenvalue weighted by Gasteiger charge is -1.99. The minimum Gasteiger partial charge on any atom is -0.476 e. The van der Waals surface area contributed by atoms with Crippen LogP contribution < -0.4 is 5.32 Å². The molecule has 0 amide bonds. The third kappa shape index (κ3) is 1.68. The normalized spacial score (nSPS) is 22.0. The van der Waals surface area contributed by atoms with Gasteiger partial charge in [0, 0.05) is 12.5 Å². The zero-order chi connectivity index (χ0) is 9.26. The molecule has 0 spiro atoms. The van der Waals surface area contributed by atoms with Crippen molar-refractivity contribution in [2.45, 2.75) is 12.3 Å². The number of hydrogen-bond acceptors (Lipinski definition) is 5. The second-order valence-electron chi connectivity index (χ2n) is 2.94. The molecule has 70 valence electrons. The first-order valence-corrected chi connectivity index (χ1v) is 4.86. The standard InChI is InChI=1S/C7H9N3O2S/c11-7(12)6-10-9-5(13-6)4-1-2-8-3-4/h4,8H,1-3H2,(H,11,12). The van der Waals surface area contributed by atoms with E-state index in [1.807, 2.05) is 0 Å². The Balaban J connectivity index is 2.16. The van der Waals surface area contributed by atoms with Crippen molar-refractivity contribution >= 4 is 17.3 Å². The van der Waals surface area contributed by atoms with E-state index in [9.17, 15) is 4.79 Å². The number of hydrogen-bond donors (Lipinski definition) is 2. The molecule has 1 fully saturated rings. The number of nitrogens with zero attached hydrogens (tertiary/aromatic N) is 2. The van der Waals surface area contributed by atoms with Gasteiger partial charge in [-0.3, -0.25) is 0 Å². The third-order valence-electron chi connectivity index (χ3n) is 2.03. The Morgan fingerprint density at radius 3 is 3.00 bits per heavy atom. The fourth-order valence-corrected chi connectivity index (χ4v) is 2.17. The van der Waals surface area contributed by atoms with Crippen molar-refractivity contribution in [2.75, 3.05) is 13.1 Å². The number of aromatic nitrogens is 2. The Kier molecular flexibility index (Phi) is 2.24. The molecule has 1 aromatic rings. The lowest BCUT2D eigenvalue weighted by atomic mass is 10.1. The second kappa shape index (κ2) is 3.39. The maximum Gasteiger partial charge on any atom is 0.367 e. The van der Waals surface area contributed by atoms with Crippen LogP contribution in [-0.4, -0.2) is 34.4 Å². The van der Waals surface area contributed by atoms with E-state index in [4.69, 9.17) is 5.11 Å². The molecule has 13 heavy (non-hydrogen) atoms. The van der Waals surface area contributed by atoms with E-state index < -0.39 is 5.97 Å². The molecule has 5 nitrogen and oxygen atoms in total. The molecule has 1 aromatic heterocycles. The fourth-order valence-electron chi connectivity index (χ4n) is 1.35. The first-order valence-electron chi connectivity index (χ1n) is 4.05. The van der Waals surface area contributed by atoms with Crippen molar-refractivity contribution in [3.05, 3.63) is 10.0 Å². The van der Waals surface area contributed by atoms with Crippen LogP contribution in [0.5, 0.6) is 0 Å². The predicted octanol–water partition coefficient (Wildman–Crippen LogP) is 0.313. The zero-order valence-corrected chi connectivity index (χ0v) is 7.67. The summed E-state index contributed by atoms with van der Waals surface area (Å²) in [5.74, 6) is -0.639. The summed E-state index contributed by atoms with van der Waals surface area (Å²) in [5.41, 5.74) is 0. The molecule has 2 rings (SSSR count). The molecule has 1 unspecified atom stereocenters. The molecule has 6 heteroatoms. The van der Waals surface area contributed by atoms with Gasteiger partial charge in [-0.2, -0.15) is 0 Å². The van der Waals surface area contributed by atoms with E-state index in [0.717, 1.165) is 24.5 Å². The van der Waals surface area contributed by atoms with Crippen molar-refractivity contribution in [1.29, 1.82) is 0 Å². The van der Waals surface area contributed by atoms with Gasteiger partial charge in [0.05, 0.1) is 0 Å². The number of aromatic carboxylic acids is 1. The number of nitrogens with one attached hydrogen (secondary N) is 1. The number of carboxylic acids is 1. The maximum absolute atomic E-state index is 10.5. The summed E-state index contributed by atoms with van der Waals surface area (Å²) >= 11 is 1.18. The highest BCUT2D eigenvalue weighted by molar-refractivity contribution is 7.13. The van der Waals surface area contributed by atoms with E-state index in [0.29, 0.717) is 5.92 Å². The molecule has 0 radical (unpaired) electrons. The average molecular weight is 199 g/mol. The van der Waals surface area contributed by atoms with Crippen LogP contribution in [-0.2, 0) is 0 Å². The molecule has 2 N–H and O–H groups in total. The highest BCUT2D eigenvalue weighted by Crippen LogP contribution is 2.24. The van der Waals surface area contributed by atoms with Gasteiger partial charge in [-0.25, -0.2) is 4.79 Å². The quantitative estimate of drug-likeness (QED) is 0.717. The maximum atomic E-state index is 10.5. The summed E-state index contributed by atoms with van der Waals surface area (Å²) in [4.78, 5) is 10.5. The molecule has 0 bridgehead atoms. The van der Waals surface area contributed by atoms with E-state index in [1.165, 1.54) is 11.3 Å². The smallest absolute Gasteiger partial charge is 0.367 e. The Morgan fingerprint density at radius 2 is 2.46 bits per heavy atom. The Labute approximate surface area is 78.8 Å². The number of rotatable bonds is 2. The minimum absolute atomic E-state index is 0.0851. The third-order valence-corrected chi connectivity index (χ3v) is 3.11. The van der Waals surface area contributed by atoms with Crippen molar-refractivity contribution in [2.24, 2.45) is 0 Å². The Morgan fingerprint density at radius 1 is 1.62 bits per heavy atom. The van der Waals surface area contributed by atoms with Gasteiger partial charge in [0.1, 0.15) is 5.01 Å². The van der Waals surface area contributed by atoms with Crippen molar-refractivity contribution < 1.29 is 9.90 Å². The lowest BCUT2D eigenvalue weighted by Crippen LogP contribution is -2.07. The van der Waals surface area contributed by atoms with Crippen LogP contribution in [0, 0.1) is 0 Å². The van der Waals surface area contributed by atoms with Crippen LogP contribution in [0.25, 0.3) is 0 Å². The summed E-state index contributed by atoms with van der Waals surface area (Å²) < 4.78 is 0. The van der Waals surface area contributed by atoms with Crippen LogP contribution in [0.15, 0.2) is 0 Å². The molecule has 0 aromatic carbocycles. The van der Waals surface area contributed by atoms with Gasteiger partial charge in [-0.15, -0.1) is 10.2 Å². The first-order chi connectivity index (χ1) is 6.27. The number of carboxylic acid groups (broad SMARTS) is 1. The molecular weight excluding hydrogens is 190 g/mol. The van der Waals surface area contributed by atoms with Gasteiger partial charge in [-0.05, 0) is 13.0 Å². The minimum atomic E-state index is -0.991. The SMILES string of the molecule is O=C(O)c1nnc(C2CCNC2)s1. The molecule has 2 heterocycles. The predicted molar refractivity (Wildman–Crippen MR) is 47.1 cm³/mol. The summed E-state index contributed by atoms with van der Waals surface area (Å²) in [6.45, 7) is 1.86. The molecule has 0 saturated carbocycles. The first kappa shape index (κ1) is 8.58. The molecule has 0 aliphatic carbocycles. The van der Waals surface area contributed by atoms with E-state index in [1.54, 1.807) is 0 Å². The fraction of sp³-hybridized carbons (Fsp3) is 0.571. The molecule has 1 saturated heterocycles. The van der Waals surface area contributed by atoms with Gasteiger partial charge < -0.3 is 10.4 Å². The Bertz CT molecular complexity index is 319. The van der Waals surface area contributed by atoms with Crippen LogP contribution >= 0.6 is 11.3 Å². The van der Waals surface area contributed by atoms with Gasteiger partial charge in [0.25, 0.3) is 0 Å².